The van der Waals surface area contributed by atoms with Crippen LogP contribution in [-0.4, -0.2) is 56.2 Å². The van der Waals surface area contributed by atoms with Crippen molar-refractivity contribution in [2.24, 2.45) is 0 Å². The summed E-state index contributed by atoms with van der Waals surface area (Å²) in [4.78, 5) is 14.8. The Kier molecular flexibility index (Phi) is 6.43. The zero-order valence-electron chi connectivity index (χ0n) is 18.6. The Balaban J connectivity index is 1.52. The number of carbonyl (C=O) groups excluding carboxylic acids is 1. The van der Waals surface area contributed by atoms with Crippen molar-refractivity contribution < 1.29 is 36.9 Å². The van der Waals surface area contributed by atoms with Gasteiger partial charge in [0.05, 0.1) is 25.3 Å². The monoisotopic (exact) mass is 476 g/mol. The van der Waals surface area contributed by atoms with Crippen molar-refractivity contribution in [2.45, 2.75) is 37.3 Å². The van der Waals surface area contributed by atoms with Crippen molar-refractivity contribution in [1.82, 2.24) is 4.90 Å². The first-order chi connectivity index (χ1) is 16.2. The quantitative estimate of drug-likeness (QED) is 0.649. The molecule has 180 valence electrons. The minimum atomic E-state index is -4.53. The summed E-state index contributed by atoms with van der Waals surface area (Å²) in [5.41, 5.74) is 0.825. The lowest BCUT2D eigenvalue weighted by Crippen LogP contribution is -2.53. The number of methoxy groups -OCH3 is 1. The maximum atomic E-state index is 13.2. The van der Waals surface area contributed by atoms with Crippen LogP contribution in [-0.2, 0) is 15.1 Å². The summed E-state index contributed by atoms with van der Waals surface area (Å²) in [6.07, 6.45) is -6.54. The van der Waals surface area contributed by atoms with Crippen molar-refractivity contribution in [1.29, 1.82) is 5.26 Å². The fraction of sp³-hybridized carbons (Fsp3) is 0.417. The van der Waals surface area contributed by atoms with Crippen molar-refractivity contribution >= 4 is 5.91 Å². The van der Waals surface area contributed by atoms with Gasteiger partial charge in [-0.2, -0.15) is 18.4 Å². The SMILES string of the molecule is COc1cc(C(=O)N2CC[C@]3(c4cccc(C#N)c4)OCO[C@@H]3C2)ccc1OC(C)C(F)(F)F. The standard InChI is InChI=1S/C24H23F3N2O5/c1-15(24(25,26)27)34-19-7-6-17(11-20(19)31-2)22(30)29-9-8-23(21(13-29)32-14-33-23)18-5-3-4-16(10-18)12-28/h3-7,10-11,15,21H,8-9,13-14H2,1-2H3/t15?,21-,23-/m1/s1. The maximum Gasteiger partial charge on any atom is 0.425 e. The number of alkyl halides is 3. The van der Waals surface area contributed by atoms with E-state index in [1.807, 2.05) is 6.07 Å². The number of nitriles is 1. The molecular formula is C24H23F3N2O5. The predicted octanol–water partition coefficient (Wildman–Crippen LogP) is 4.01. The molecule has 0 aromatic heterocycles. The number of rotatable bonds is 5. The highest BCUT2D eigenvalue weighted by atomic mass is 19.4. The number of benzene rings is 2. The molecule has 4 rings (SSSR count). The molecule has 2 aromatic rings. The van der Waals surface area contributed by atoms with Crippen LogP contribution in [0.1, 0.15) is 34.8 Å². The zero-order valence-corrected chi connectivity index (χ0v) is 18.6. The lowest BCUT2D eigenvalue weighted by Gasteiger charge is -2.42. The molecule has 0 radical (unpaired) electrons. The zero-order chi connectivity index (χ0) is 24.5. The molecule has 10 heteroatoms. The van der Waals surface area contributed by atoms with Gasteiger partial charge >= 0.3 is 6.18 Å². The fourth-order valence-corrected chi connectivity index (χ4v) is 4.26. The van der Waals surface area contributed by atoms with E-state index in [4.69, 9.17) is 18.9 Å². The molecule has 0 N–H and O–H groups in total. The van der Waals surface area contributed by atoms with Crippen LogP contribution < -0.4 is 9.47 Å². The average molecular weight is 476 g/mol. The van der Waals surface area contributed by atoms with E-state index in [0.717, 1.165) is 12.5 Å². The largest absolute Gasteiger partial charge is 0.493 e. The highest BCUT2D eigenvalue weighted by Gasteiger charge is 2.51. The number of amides is 1. The number of halogens is 3. The Bertz CT molecular complexity index is 1120. The lowest BCUT2D eigenvalue weighted by molar-refractivity contribution is -0.189. The molecule has 3 atom stereocenters. The van der Waals surface area contributed by atoms with E-state index in [2.05, 4.69) is 6.07 Å². The molecule has 1 amide bonds. The smallest absolute Gasteiger partial charge is 0.425 e. The van der Waals surface area contributed by atoms with Gasteiger partial charge in [0.25, 0.3) is 5.91 Å². The molecule has 7 nitrogen and oxygen atoms in total. The predicted molar refractivity (Wildman–Crippen MR) is 113 cm³/mol. The van der Waals surface area contributed by atoms with Crippen molar-refractivity contribution in [3.63, 3.8) is 0 Å². The normalized spacial score (nSPS) is 23.1. The minimum absolute atomic E-state index is 0.0297. The average Bonchev–Trinajstić information content (AvgIpc) is 3.27. The summed E-state index contributed by atoms with van der Waals surface area (Å²) < 4.78 is 60.5. The van der Waals surface area contributed by atoms with E-state index in [-0.39, 0.29) is 36.3 Å². The number of hydrogen-bond acceptors (Lipinski definition) is 6. The van der Waals surface area contributed by atoms with E-state index < -0.39 is 24.0 Å². The number of fused-ring (bicyclic) bond motifs is 1. The van der Waals surface area contributed by atoms with Crippen LogP contribution in [0.25, 0.3) is 0 Å². The van der Waals surface area contributed by atoms with Crippen LogP contribution in [0.15, 0.2) is 42.5 Å². The molecule has 2 aliphatic heterocycles. The third kappa shape index (κ3) is 4.41. The van der Waals surface area contributed by atoms with E-state index in [1.165, 1.54) is 25.3 Å². The molecule has 0 bridgehead atoms. The molecule has 2 fully saturated rings. The summed E-state index contributed by atoms with van der Waals surface area (Å²) in [6.45, 7) is 1.58. The molecular weight excluding hydrogens is 453 g/mol. The number of nitrogens with zero attached hydrogens (tertiary/aromatic N) is 2. The molecule has 34 heavy (non-hydrogen) atoms. The van der Waals surface area contributed by atoms with Gasteiger partial charge in [0.15, 0.2) is 17.6 Å². The first-order valence-electron chi connectivity index (χ1n) is 10.6. The topological polar surface area (TPSA) is 81.0 Å². The molecule has 0 aliphatic carbocycles. The van der Waals surface area contributed by atoms with Crippen LogP contribution in [0.5, 0.6) is 11.5 Å². The second kappa shape index (κ2) is 9.16. The molecule has 1 unspecified atom stereocenters. The van der Waals surface area contributed by atoms with Gasteiger partial charge in [0.2, 0.25) is 0 Å². The Morgan fingerprint density at radius 2 is 2.06 bits per heavy atom. The summed E-state index contributed by atoms with van der Waals surface area (Å²) in [5.74, 6) is -0.392. The van der Waals surface area contributed by atoms with E-state index in [9.17, 15) is 23.2 Å². The van der Waals surface area contributed by atoms with Gasteiger partial charge in [-0.3, -0.25) is 4.79 Å². The Morgan fingerprint density at radius 3 is 2.76 bits per heavy atom. The van der Waals surface area contributed by atoms with Gasteiger partial charge in [-0.15, -0.1) is 0 Å². The molecule has 2 heterocycles. The lowest BCUT2D eigenvalue weighted by atomic mass is 9.81. The number of ether oxygens (including phenoxy) is 4. The number of piperidine rings is 1. The summed E-state index contributed by atoms with van der Waals surface area (Å²) in [5, 5.41) is 9.24. The summed E-state index contributed by atoms with van der Waals surface area (Å²) in [7, 11) is 1.29. The first-order valence-corrected chi connectivity index (χ1v) is 10.6. The third-order valence-corrected chi connectivity index (χ3v) is 6.19. The fourth-order valence-electron chi connectivity index (χ4n) is 4.26. The summed E-state index contributed by atoms with van der Waals surface area (Å²) in [6, 6.07) is 13.3. The Morgan fingerprint density at radius 1 is 1.26 bits per heavy atom. The van der Waals surface area contributed by atoms with Gasteiger partial charge in [0.1, 0.15) is 18.5 Å². The van der Waals surface area contributed by atoms with Crippen LogP contribution in [0.2, 0.25) is 0 Å². The van der Waals surface area contributed by atoms with E-state index >= 15 is 0 Å². The number of likely N-dealkylation sites (tertiary alicyclic amines) is 1. The van der Waals surface area contributed by atoms with E-state index in [1.54, 1.807) is 23.1 Å². The van der Waals surface area contributed by atoms with Gasteiger partial charge in [0, 0.05) is 18.5 Å². The molecule has 2 saturated heterocycles. The number of hydrogen-bond donors (Lipinski definition) is 0. The van der Waals surface area contributed by atoms with Crippen molar-refractivity contribution in [3.05, 3.63) is 59.2 Å². The third-order valence-electron chi connectivity index (χ3n) is 6.19. The van der Waals surface area contributed by atoms with Gasteiger partial charge in [-0.05, 0) is 42.8 Å². The Hall–Kier alpha value is -3.29. The number of carbonyl (C=O) groups is 1. The molecule has 0 spiro atoms. The van der Waals surface area contributed by atoms with Gasteiger partial charge in [-0.25, -0.2) is 0 Å². The first kappa shape index (κ1) is 23.9. The van der Waals surface area contributed by atoms with Crippen LogP contribution in [0.4, 0.5) is 13.2 Å². The summed E-state index contributed by atoms with van der Waals surface area (Å²) >= 11 is 0. The van der Waals surface area contributed by atoms with Crippen molar-refractivity contribution in [2.75, 3.05) is 27.0 Å². The molecule has 2 aliphatic rings. The molecule has 2 aromatic carbocycles. The van der Waals surface area contributed by atoms with E-state index in [0.29, 0.717) is 18.5 Å². The van der Waals surface area contributed by atoms with Crippen LogP contribution in [0, 0.1) is 11.3 Å². The maximum absolute atomic E-state index is 13.2. The Labute approximate surface area is 194 Å². The molecule has 0 saturated carbocycles. The van der Waals surface area contributed by atoms with Crippen molar-refractivity contribution in [3.8, 4) is 17.6 Å². The van der Waals surface area contributed by atoms with Gasteiger partial charge < -0.3 is 23.8 Å². The highest BCUT2D eigenvalue weighted by molar-refractivity contribution is 5.95. The second-order valence-electron chi connectivity index (χ2n) is 8.17. The van der Waals surface area contributed by atoms with Crippen LogP contribution >= 0.6 is 0 Å². The van der Waals surface area contributed by atoms with Gasteiger partial charge in [-0.1, -0.05) is 12.1 Å². The second-order valence-corrected chi connectivity index (χ2v) is 8.17. The highest BCUT2D eigenvalue weighted by Crippen LogP contribution is 2.43. The van der Waals surface area contributed by atoms with Crippen LogP contribution in [0.3, 0.4) is 0 Å². The minimum Gasteiger partial charge on any atom is -0.493 e.